The number of piperidine rings is 1. The van der Waals surface area contributed by atoms with E-state index in [2.05, 4.69) is 21.3 Å². The van der Waals surface area contributed by atoms with Crippen LogP contribution in [0.5, 0.6) is 0 Å². The minimum absolute atomic E-state index is 0.0450. The van der Waals surface area contributed by atoms with Gasteiger partial charge in [0, 0.05) is 25.3 Å². The molecular weight excluding hydrogens is 440 g/mol. The molecule has 0 radical (unpaired) electrons. The molecule has 7 nitrogen and oxygen atoms in total. The van der Waals surface area contributed by atoms with Crippen LogP contribution in [0.3, 0.4) is 0 Å². The van der Waals surface area contributed by atoms with Crippen LogP contribution < -0.4 is 15.9 Å². The third-order valence-corrected chi connectivity index (χ3v) is 7.49. The van der Waals surface area contributed by atoms with Crippen LogP contribution >= 0.6 is 0 Å². The number of carbonyl (C=O) groups is 1. The molecule has 1 saturated carbocycles. The number of carbonyl (C=O) groups excluding carboxylic acids is 1. The Bertz CT molecular complexity index is 1210. The Balaban J connectivity index is 1.53. The molecule has 0 bridgehead atoms. The van der Waals surface area contributed by atoms with Crippen LogP contribution in [0, 0.1) is 11.8 Å². The molecule has 3 aromatic rings. The minimum atomic E-state index is -0.139. The fourth-order valence-corrected chi connectivity index (χ4v) is 5.69. The van der Waals surface area contributed by atoms with Crippen molar-refractivity contribution in [3.8, 4) is 0 Å². The maximum absolute atomic E-state index is 13.0. The predicted molar refractivity (Wildman–Crippen MR) is 140 cm³/mol. The molecule has 1 aromatic heterocycles. The summed E-state index contributed by atoms with van der Waals surface area (Å²) in [5.74, 6) is 0.292. The molecule has 2 aromatic carbocycles. The first-order valence-corrected chi connectivity index (χ1v) is 13.1. The molecule has 0 spiro atoms. The molecule has 7 heteroatoms. The van der Waals surface area contributed by atoms with E-state index in [9.17, 15) is 9.59 Å². The second kappa shape index (κ2) is 10.6. The second-order valence-corrected chi connectivity index (χ2v) is 9.96. The predicted octanol–water partition coefficient (Wildman–Crippen LogP) is 5.43. The van der Waals surface area contributed by atoms with Gasteiger partial charge < -0.3 is 19.9 Å². The lowest BCUT2D eigenvalue weighted by Gasteiger charge is -2.34. The summed E-state index contributed by atoms with van der Waals surface area (Å²) in [6.45, 7) is 4.49. The van der Waals surface area contributed by atoms with Gasteiger partial charge >= 0.3 is 11.7 Å². The Kier molecular flexibility index (Phi) is 7.11. The van der Waals surface area contributed by atoms with Gasteiger partial charge in [-0.2, -0.15) is 0 Å². The fraction of sp³-hybridized carbons (Fsp3) is 0.500. The van der Waals surface area contributed by atoms with Gasteiger partial charge in [-0.15, -0.1) is 0 Å². The molecule has 0 amide bonds. The number of imidazole rings is 1. The first kappa shape index (κ1) is 23.5. The third-order valence-electron chi connectivity index (χ3n) is 7.49. The molecular formula is C28H36N4O3. The van der Waals surface area contributed by atoms with Gasteiger partial charge in [0.1, 0.15) is 0 Å². The number of esters is 1. The zero-order valence-corrected chi connectivity index (χ0v) is 20.6. The molecule has 5 rings (SSSR count). The van der Waals surface area contributed by atoms with E-state index in [4.69, 9.17) is 4.74 Å². The monoisotopic (exact) mass is 476 g/mol. The van der Waals surface area contributed by atoms with E-state index in [-0.39, 0.29) is 17.6 Å². The number of aromatic nitrogens is 2. The Labute approximate surface area is 206 Å². The first-order valence-electron chi connectivity index (χ1n) is 13.1. The number of hydrogen-bond donors (Lipinski definition) is 2. The van der Waals surface area contributed by atoms with Crippen LogP contribution in [0.15, 0.2) is 47.3 Å². The molecule has 2 aliphatic rings. The summed E-state index contributed by atoms with van der Waals surface area (Å²) < 4.78 is 7.26. The molecule has 35 heavy (non-hydrogen) atoms. The Morgan fingerprint density at radius 1 is 1.09 bits per heavy atom. The lowest BCUT2D eigenvalue weighted by Crippen LogP contribution is -2.39. The van der Waals surface area contributed by atoms with E-state index in [1.165, 1.54) is 32.1 Å². The zero-order valence-electron chi connectivity index (χ0n) is 20.6. The summed E-state index contributed by atoms with van der Waals surface area (Å²) in [7, 11) is 0. The number of aromatic amines is 1. The summed E-state index contributed by atoms with van der Waals surface area (Å²) in [4.78, 5) is 30.9. The smallest absolute Gasteiger partial charge is 0.326 e. The molecule has 1 atom stereocenters. The molecule has 2 N–H and O–H groups in total. The molecule has 2 fully saturated rings. The minimum Gasteiger partial charge on any atom is -0.466 e. The van der Waals surface area contributed by atoms with Gasteiger partial charge in [0.05, 0.1) is 34.9 Å². The third kappa shape index (κ3) is 5.24. The number of ether oxygens (including phenoxy) is 1. The molecule has 1 unspecified atom stereocenters. The van der Waals surface area contributed by atoms with Gasteiger partial charge in [-0.25, -0.2) is 4.79 Å². The van der Waals surface area contributed by atoms with Crippen LogP contribution in [0.2, 0.25) is 0 Å². The van der Waals surface area contributed by atoms with Crippen LogP contribution in [-0.2, 0) is 16.1 Å². The van der Waals surface area contributed by atoms with Crippen molar-refractivity contribution in [2.24, 2.45) is 11.8 Å². The average Bonchev–Trinajstić information content (AvgIpc) is 3.18. The zero-order chi connectivity index (χ0) is 24.2. The van der Waals surface area contributed by atoms with E-state index >= 15 is 0 Å². The van der Waals surface area contributed by atoms with Gasteiger partial charge in [-0.05, 0) is 62.8 Å². The number of hydrogen-bond acceptors (Lipinski definition) is 5. The largest absolute Gasteiger partial charge is 0.466 e. The normalized spacial score (nSPS) is 19.1. The second-order valence-electron chi connectivity index (χ2n) is 9.96. The molecule has 1 aliphatic carbocycles. The van der Waals surface area contributed by atoms with Crippen molar-refractivity contribution in [3.05, 3.63) is 52.9 Å². The lowest BCUT2D eigenvalue weighted by atomic mass is 9.89. The highest BCUT2D eigenvalue weighted by Gasteiger charge is 2.29. The lowest BCUT2D eigenvalue weighted by molar-refractivity contribution is -0.148. The maximum atomic E-state index is 13.0. The van der Waals surface area contributed by atoms with Crippen molar-refractivity contribution < 1.29 is 9.53 Å². The van der Waals surface area contributed by atoms with Crippen molar-refractivity contribution in [1.82, 2.24) is 9.55 Å². The van der Waals surface area contributed by atoms with Gasteiger partial charge in [-0.3, -0.25) is 9.36 Å². The number of fused-ring (bicyclic) bond motifs is 1. The van der Waals surface area contributed by atoms with E-state index in [1.807, 2.05) is 47.9 Å². The number of benzene rings is 2. The Morgan fingerprint density at radius 3 is 2.66 bits per heavy atom. The highest BCUT2D eigenvalue weighted by Crippen LogP contribution is 2.36. The number of H-pyrrole nitrogens is 1. The summed E-state index contributed by atoms with van der Waals surface area (Å²) in [6.07, 6.45) is 7.95. The van der Waals surface area contributed by atoms with E-state index < -0.39 is 0 Å². The summed E-state index contributed by atoms with van der Waals surface area (Å²) in [5, 5.41) is 3.55. The van der Waals surface area contributed by atoms with Gasteiger partial charge in [0.25, 0.3) is 0 Å². The average molecular weight is 477 g/mol. The van der Waals surface area contributed by atoms with Crippen molar-refractivity contribution in [1.29, 1.82) is 0 Å². The molecule has 186 valence electrons. The van der Waals surface area contributed by atoms with Gasteiger partial charge in [0.2, 0.25) is 0 Å². The molecule has 1 aliphatic heterocycles. The molecule has 1 saturated heterocycles. The maximum Gasteiger partial charge on any atom is 0.326 e. The number of anilines is 3. The highest BCUT2D eigenvalue weighted by atomic mass is 16.5. The summed E-state index contributed by atoms with van der Waals surface area (Å²) in [6, 6.07) is 14.2. The summed E-state index contributed by atoms with van der Waals surface area (Å²) >= 11 is 0. The Morgan fingerprint density at radius 2 is 1.89 bits per heavy atom. The van der Waals surface area contributed by atoms with E-state index in [1.54, 1.807) is 0 Å². The fourth-order valence-electron chi connectivity index (χ4n) is 5.69. The van der Waals surface area contributed by atoms with Gasteiger partial charge in [-0.1, -0.05) is 37.5 Å². The van der Waals surface area contributed by atoms with Crippen LogP contribution in [0.4, 0.5) is 17.1 Å². The van der Waals surface area contributed by atoms with Crippen LogP contribution in [0.1, 0.15) is 51.9 Å². The van der Waals surface area contributed by atoms with E-state index in [0.29, 0.717) is 19.1 Å². The highest BCUT2D eigenvalue weighted by molar-refractivity contribution is 5.90. The first-order chi connectivity index (χ1) is 17.1. The topological polar surface area (TPSA) is 79.4 Å². The standard InChI is InChI=1S/C28H36N4O3/c1-2-35-27(33)21-12-9-15-31(19-21)25-17-26-24(16-23(25)29-22-13-7-4-8-14-22)30-28(34)32(26)18-20-10-5-3-6-11-20/h4,7-8,13-14,16-17,20-21,29H,2-3,5-6,9-12,15,18-19H2,1H3,(H,30,34). The number of nitrogens with one attached hydrogen (secondary N) is 2. The van der Waals surface area contributed by atoms with Gasteiger partial charge in [0.15, 0.2) is 0 Å². The SMILES string of the molecule is CCOC(=O)C1CCCN(c2cc3c(cc2Nc2ccccc2)[nH]c(=O)n3CC2CCCCC2)C1. The van der Waals surface area contributed by atoms with Crippen LogP contribution in [0.25, 0.3) is 11.0 Å². The number of nitrogens with zero attached hydrogens (tertiary/aromatic N) is 2. The van der Waals surface area contributed by atoms with Crippen LogP contribution in [-0.4, -0.2) is 35.2 Å². The van der Waals surface area contributed by atoms with Crippen molar-refractivity contribution >= 4 is 34.1 Å². The van der Waals surface area contributed by atoms with Crippen molar-refractivity contribution in [2.75, 3.05) is 29.9 Å². The number of rotatable bonds is 7. The quantitative estimate of drug-likeness (QED) is 0.444. The Hall–Kier alpha value is -3.22. The number of para-hydroxylation sites is 1. The van der Waals surface area contributed by atoms with E-state index in [0.717, 1.165) is 54.0 Å². The van der Waals surface area contributed by atoms with Crippen molar-refractivity contribution in [2.45, 2.75) is 58.4 Å². The molecule has 2 heterocycles. The van der Waals surface area contributed by atoms with Crippen molar-refractivity contribution in [3.63, 3.8) is 0 Å². The summed E-state index contributed by atoms with van der Waals surface area (Å²) in [5.41, 5.74) is 4.66.